The molecule has 2 heterocycles. The maximum Gasteiger partial charge on any atom is 0.268 e. The smallest absolute Gasteiger partial charge is 0.268 e. The molecule has 0 saturated carbocycles. The summed E-state index contributed by atoms with van der Waals surface area (Å²) >= 11 is 3.16. The molecular formula is C11H13BrN4O2. The van der Waals surface area contributed by atoms with E-state index in [4.69, 9.17) is 4.52 Å². The summed E-state index contributed by atoms with van der Waals surface area (Å²) in [7, 11) is 0. The summed E-state index contributed by atoms with van der Waals surface area (Å²) in [6, 6.07) is 0. The third-order valence-electron chi connectivity index (χ3n) is 2.48. The number of rotatable bonds is 3. The van der Waals surface area contributed by atoms with Crippen LogP contribution >= 0.6 is 15.9 Å². The monoisotopic (exact) mass is 312 g/mol. The molecule has 0 aliphatic carbocycles. The van der Waals surface area contributed by atoms with Crippen LogP contribution in [0, 0.1) is 6.92 Å². The van der Waals surface area contributed by atoms with Gasteiger partial charge in [0.1, 0.15) is 10.3 Å². The van der Waals surface area contributed by atoms with Gasteiger partial charge >= 0.3 is 0 Å². The first kappa shape index (κ1) is 12.9. The van der Waals surface area contributed by atoms with Crippen molar-refractivity contribution >= 4 is 15.9 Å². The zero-order chi connectivity index (χ0) is 13.3. The Labute approximate surface area is 112 Å². The molecule has 0 N–H and O–H groups in total. The highest BCUT2D eigenvalue weighted by molar-refractivity contribution is 9.10. The Morgan fingerprint density at radius 3 is 2.83 bits per heavy atom. The highest BCUT2D eigenvalue weighted by atomic mass is 79.9. The van der Waals surface area contributed by atoms with Crippen LogP contribution in [0.25, 0.3) is 0 Å². The van der Waals surface area contributed by atoms with Crippen molar-refractivity contribution in [2.45, 2.75) is 33.2 Å². The van der Waals surface area contributed by atoms with Crippen LogP contribution in [0.15, 0.2) is 20.0 Å². The van der Waals surface area contributed by atoms with E-state index in [1.165, 1.54) is 10.8 Å². The summed E-state index contributed by atoms with van der Waals surface area (Å²) in [4.78, 5) is 20.3. The minimum Gasteiger partial charge on any atom is -0.339 e. The molecule has 0 atom stereocenters. The van der Waals surface area contributed by atoms with E-state index in [1.54, 1.807) is 6.92 Å². The average Bonchev–Trinajstić information content (AvgIpc) is 2.78. The molecule has 2 aromatic rings. The first-order valence-corrected chi connectivity index (χ1v) is 6.32. The molecule has 0 radical (unpaired) electrons. The van der Waals surface area contributed by atoms with Crippen molar-refractivity contribution in [1.82, 2.24) is 19.7 Å². The second-order valence-corrected chi connectivity index (χ2v) is 5.10. The van der Waals surface area contributed by atoms with Crippen LogP contribution in [0.2, 0.25) is 0 Å². The molecule has 0 aliphatic heterocycles. The predicted octanol–water partition coefficient (Wildman–Crippen LogP) is 1.87. The van der Waals surface area contributed by atoms with Gasteiger partial charge in [-0.15, -0.1) is 0 Å². The van der Waals surface area contributed by atoms with Crippen LogP contribution in [0.3, 0.4) is 0 Å². The molecule has 0 aliphatic rings. The maximum atomic E-state index is 11.9. The number of nitrogens with zero attached hydrogens (tertiary/aromatic N) is 4. The molecule has 96 valence electrons. The molecule has 0 saturated heterocycles. The summed E-state index contributed by atoms with van der Waals surface area (Å²) in [6.07, 6.45) is 1.49. The van der Waals surface area contributed by atoms with E-state index in [0.717, 1.165) is 0 Å². The van der Waals surface area contributed by atoms with Crippen LogP contribution < -0.4 is 5.56 Å². The molecule has 0 amide bonds. The second kappa shape index (κ2) is 5.01. The Balaban J connectivity index is 2.34. The van der Waals surface area contributed by atoms with Gasteiger partial charge in [-0.05, 0) is 22.9 Å². The number of aryl methyl sites for hydroxylation is 1. The van der Waals surface area contributed by atoms with Crippen molar-refractivity contribution in [3.05, 3.63) is 38.6 Å². The average molecular weight is 313 g/mol. The minimum absolute atomic E-state index is 0.154. The lowest BCUT2D eigenvalue weighted by atomic mass is 10.2. The lowest BCUT2D eigenvalue weighted by molar-refractivity contribution is 0.359. The normalized spacial score (nSPS) is 11.2. The number of hydrogen-bond donors (Lipinski definition) is 0. The van der Waals surface area contributed by atoms with Gasteiger partial charge in [-0.2, -0.15) is 4.98 Å². The van der Waals surface area contributed by atoms with E-state index in [9.17, 15) is 4.79 Å². The van der Waals surface area contributed by atoms with Crippen molar-refractivity contribution in [3.63, 3.8) is 0 Å². The SMILES string of the molecule is Cc1ncc(Br)c(=O)n1Cc1noc(C(C)C)n1. The van der Waals surface area contributed by atoms with Gasteiger partial charge in [-0.25, -0.2) is 4.98 Å². The van der Waals surface area contributed by atoms with Gasteiger partial charge in [0.05, 0.1) is 6.54 Å². The molecule has 0 unspecified atom stereocenters. The molecule has 0 aromatic carbocycles. The Morgan fingerprint density at radius 1 is 1.50 bits per heavy atom. The Morgan fingerprint density at radius 2 is 2.22 bits per heavy atom. The summed E-state index contributed by atoms with van der Waals surface area (Å²) in [5.74, 6) is 1.83. The van der Waals surface area contributed by atoms with E-state index in [0.29, 0.717) is 22.0 Å². The zero-order valence-electron chi connectivity index (χ0n) is 10.3. The summed E-state index contributed by atoms with van der Waals surface area (Å²) in [5, 5.41) is 3.86. The highest BCUT2D eigenvalue weighted by Gasteiger charge is 2.12. The third-order valence-corrected chi connectivity index (χ3v) is 3.03. The number of hydrogen-bond acceptors (Lipinski definition) is 5. The predicted molar refractivity (Wildman–Crippen MR) is 68.4 cm³/mol. The molecule has 0 spiro atoms. The lowest BCUT2D eigenvalue weighted by Gasteiger charge is -2.06. The van der Waals surface area contributed by atoms with E-state index in [2.05, 4.69) is 31.1 Å². The van der Waals surface area contributed by atoms with E-state index in [1.807, 2.05) is 13.8 Å². The Kier molecular flexibility index (Phi) is 3.60. The molecule has 7 heteroatoms. The van der Waals surface area contributed by atoms with Crippen LogP contribution in [-0.2, 0) is 6.54 Å². The van der Waals surface area contributed by atoms with Crippen LogP contribution in [0.5, 0.6) is 0 Å². The summed E-state index contributed by atoms with van der Waals surface area (Å²) < 4.78 is 7.02. The summed E-state index contributed by atoms with van der Waals surface area (Å²) in [6.45, 7) is 5.95. The highest BCUT2D eigenvalue weighted by Crippen LogP contribution is 2.11. The van der Waals surface area contributed by atoms with Gasteiger partial charge in [0.2, 0.25) is 5.89 Å². The largest absolute Gasteiger partial charge is 0.339 e. The fraction of sp³-hybridized carbons (Fsp3) is 0.455. The standard InChI is InChI=1S/C11H13BrN4O2/c1-6(2)10-14-9(15-18-10)5-16-7(3)13-4-8(12)11(16)17/h4,6H,5H2,1-3H3. The molecule has 2 aromatic heterocycles. The number of aromatic nitrogens is 4. The fourth-order valence-electron chi connectivity index (χ4n) is 1.44. The van der Waals surface area contributed by atoms with Crippen LogP contribution in [-0.4, -0.2) is 19.7 Å². The zero-order valence-corrected chi connectivity index (χ0v) is 11.9. The van der Waals surface area contributed by atoms with Crippen molar-refractivity contribution in [3.8, 4) is 0 Å². The molecule has 6 nitrogen and oxygen atoms in total. The quantitative estimate of drug-likeness (QED) is 0.865. The minimum atomic E-state index is -0.154. The molecule has 0 bridgehead atoms. The van der Waals surface area contributed by atoms with E-state index in [-0.39, 0.29) is 18.0 Å². The second-order valence-electron chi connectivity index (χ2n) is 4.25. The van der Waals surface area contributed by atoms with Gasteiger partial charge in [0.15, 0.2) is 5.82 Å². The Hall–Kier alpha value is -1.50. The van der Waals surface area contributed by atoms with Crippen molar-refractivity contribution in [1.29, 1.82) is 0 Å². The van der Waals surface area contributed by atoms with Crippen molar-refractivity contribution in [2.24, 2.45) is 0 Å². The van der Waals surface area contributed by atoms with Gasteiger partial charge < -0.3 is 4.52 Å². The molecular weight excluding hydrogens is 300 g/mol. The van der Waals surface area contributed by atoms with E-state index < -0.39 is 0 Å². The van der Waals surface area contributed by atoms with Gasteiger partial charge in [0.25, 0.3) is 5.56 Å². The molecule has 2 rings (SSSR count). The van der Waals surface area contributed by atoms with Gasteiger partial charge in [0, 0.05) is 12.1 Å². The lowest BCUT2D eigenvalue weighted by Crippen LogP contribution is -2.25. The third kappa shape index (κ3) is 2.50. The molecule has 18 heavy (non-hydrogen) atoms. The number of halogens is 1. The van der Waals surface area contributed by atoms with Gasteiger partial charge in [-0.3, -0.25) is 9.36 Å². The topological polar surface area (TPSA) is 73.8 Å². The Bertz CT molecular complexity index is 618. The summed E-state index contributed by atoms with van der Waals surface area (Å²) in [5.41, 5.74) is -0.154. The van der Waals surface area contributed by atoms with Crippen molar-refractivity contribution < 1.29 is 4.52 Å². The van der Waals surface area contributed by atoms with E-state index >= 15 is 0 Å². The van der Waals surface area contributed by atoms with Crippen LogP contribution in [0.4, 0.5) is 0 Å². The first-order valence-electron chi connectivity index (χ1n) is 5.53. The van der Waals surface area contributed by atoms with Crippen molar-refractivity contribution in [2.75, 3.05) is 0 Å². The first-order chi connectivity index (χ1) is 8.49. The fourth-order valence-corrected chi connectivity index (χ4v) is 1.76. The maximum absolute atomic E-state index is 11.9. The van der Waals surface area contributed by atoms with Gasteiger partial charge in [-0.1, -0.05) is 19.0 Å². The molecule has 0 fully saturated rings. The van der Waals surface area contributed by atoms with Crippen LogP contribution in [0.1, 0.15) is 37.3 Å².